The zero-order valence-electron chi connectivity index (χ0n) is 17.0. The van der Waals surface area contributed by atoms with Crippen LogP contribution in [0.4, 0.5) is 0 Å². The first-order valence-corrected chi connectivity index (χ1v) is 10.7. The van der Waals surface area contributed by atoms with Crippen LogP contribution < -0.4 is 10.9 Å². The predicted octanol–water partition coefficient (Wildman–Crippen LogP) is 4.35. The van der Waals surface area contributed by atoms with E-state index in [9.17, 15) is 9.59 Å². The van der Waals surface area contributed by atoms with Gasteiger partial charge in [0.05, 0.1) is 11.7 Å². The molecule has 0 aliphatic rings. The smallest absolute Gasteiger partial charge is 0.263 e. The van der Waals surface area contributed by atoms with Gasteiger partial charge >= 0.3 is 0 Å². The minimum absolute atomic E-state index is 0.0492. The Morgan fingerprint density at radius 1 is 1.10 bits per heavy atom. The number of hydrogen-bond acceptors (Lipinski definition) is 4. The van der Waals surface area contributed by atoms with Gasteiger partial charge in [-0.3, -0.25) is 14.2 Å². The Bertz CT molecular complexity index is 1230. The lowest BCUT2D eigenvalue weighted by Gasteiger charge is -2.13. The van der Waals surface area contributed by atoms with Crippen molar-refractivity contribution in [3.05, 3.63) is 87.8 Å². The van der Waals surface area contributed by atoms with Crippen molar-refractivity contribution in [1.82, 2.24) is 14.9 Å². The number of aryl methyl sites for hydroxylation is 1. The van der Waals surface area contributed by atoms with E-state index < -0.39 is 0 Å². The lowest BCUT2D eigenvalue weighted by Crippen LogP contribution is -2.34. The van der Waals surface area contributed by atoms with Gasteiger partial charge in [0.2, 0.25) is 5.91 Å². The number of hydrogen-bond donors (Lipinski definition) is 1. The van der Waals surface area contributed by atoms with Crippen LogP contribution >= 0.6 is 11.3 Å². The second kappa shape index (κ2) is 8.63. The topological polar surface area (TPSA) is 64.0 Å². The Morgan fingerprint density at radius 3 is 2.47 bits per heavy atom. The Balaban J connectivity index is 1.56. The highest BCUT2D eigenvalue weighted by atomic mass is 32.1. The van der Waals surface area contributed by atoms with Crippen molar-refractivity contribution in [2.45, 2.75) is 26.3 Å². The second-order valence-electron chi connectivity index (χ2n) is 7.37. The van der Waals surface area contributed by atoms with Crippen molar-refractivity contribution in [2.24, 2.45) is 0 Å². The van der Waals surface area contributed by atoms with Gasteiger partial charge in [-0.1, -0.05) is 67.6 Å². The van der Waals surface area contributed by atoms with E-state index in [2.05, 4.69) is 17.2 Å². The summed E-state index contributed by atoms with van der Waals surface area (Å²) in [6.45, 7) is 4.53. The molecule has 6 heteroatoms. The lowest BCUT2D eigenvalue weighted by atomic mass is 10.0. The number of thiophene rings is 1. The van der Waals surface area contributed by atoms with Crippen LogP contribution in [0.15, 0.2) is 71.8 Å². The molecular weight excluding hydrogens is 394 g/mol. The largest absolute Gasteiger partial charge is 0.354 e. The number of carbonyl (C=O) groups is 1. The van der Waals surface area contributed by atoms with Crippen molar-refractivity contribution < 1.29 is 4.79 Å². The molecule has 2 heterocycles. The Hall–Kier alpha value is -3.25. The molecule has 4 rings (SSSR count). The standard InChI is InChI=1S/C24H23N3O2S/c1-16(18-9-5-3-6-10-18)13-25-20(28)14-27-15-26-23-22(24(27)29)21(17(2)30-23)19-11-7-4-8-12-19/h3-12,15-16H,13-14H2,1-2H3,(H,25,28)/t16-/m1/s1. The SMILES string of the molecule is Cc1sc2ncn(CC(=O)NC[C@@H](C)c3ccccc3)c(=O)c2c1-c1ccccc1. The predicted molar refractivity (Wildman–Crippen MR) is 122 cm³/mol. The zero-order chi connectivity index (χ0) is 21.1. The van der Waals surface area contributed by atoms with Crippen LogP contribution in [0, 0.1) is 6.92 Å². The molecule has 30 heavy (non-hydrogen) atoms. The van der Waals surface area contributed by atoms with Crippen molar-refractivity contribution in [1.29, 1.82) is 0 Å². The third kappa shape index (κ3) is 4.04. The van der Waals surface area contributed by atoms with Crippen LogP contribution in [0.2, 0.25) is 0 Å². The zero-order valence-corrected chi connectivity index (χ0v) is 17.8. The molecule has 1 atom stereocenters. The summed E-state index contributed by atoms with van der Waals surface area (Å²) in [6, 6.07) is 19.9. The summed E-state index contributed by atoms with van der Waals surface area (Å²) in [5.41, 5.74) is 2.87. The van der Waals surface area contributed by atoms with Crippen LogP contribution in [-0.2, 0) is 11.3 Å². The maximum Gasteiger partial charge on any atom is 0.263 e. The van der Waals surface area contributed by atoms with Crippen molar-refractivity contribution in [2.75, 3.05) is 6.54 Å². The van der Waals surface area contributed by atoms with Gasteiger partial charge in [0.25, 0.3) is 5.56 Å². The molecule has 152 valence electrons. The second-order valence-corrected chi connectivity index (χ2v) is 8.58. The fraction of sp³-hybridized carbons (Fsp3) is 0.208. The van der Waals surface area contributed by atoms with Gasteiger partial charge in [0, 0.05) is 17.0 Å². The molecule has 2 aromatic carbocycles. The molecule has 5 nitrogen and oxygen atoms in total. The van der Waals surface area contributed by atoms with Gasteiger partial charge < -0.3 is 5.32 Å². The van der Waals surface area contributed by atoms with E-state index in [0.29, 0.717) is 16.8 Å². The van der Waals surface area contributed by atoms with Gasteiger partial charge in [-0.15, -0.1) is 11.3 Å². The minimum atomic E-state index is -0.200. The molecule has 0 spiro atoms. The van der Waals surface area contributed by atoms with Gasteiger partial charge in [-0.25, -0.2) is 4.98 Å². The van der Waals surface area contributed by atoms with E-state index in [1.807, 2.05) is 67.6 Å². The summed E-state index contributed by atoms with van der Waals surface area (Å²) in [5, 5.41) is 3.51. The maximum absolute atomic E-state index is 13.2. The summed E-state index contributed by atoms with van der Waals surface area (Å²) >= 11 is 1.50. The highest BCUT2D eigenvalue weighted by molar-refractivity contribution is 7.19. The molecule has 1 amide bonds. The quantitative estimate of drug-likeness (QED) is 0.507. The van der Waals surface area contributed by atoms with E-state index in [-0.39, 0.29) is 23.9 Å². The van der Waals surface area contributed by atoms with E-state index in [1.54, 1.807) is 0 Å². The molecule has 4 aromatic rings. The summed E-state index contributed by atoms with van der Waals surface area (Å²) in [4.78, 5) is 31.9. The Morgan fingerprint density at radius 2 is 1.77 bits per heavy atom. The molecule has 1 N–H and O–H groups in total. The van der Waals surface area contributed by atoms with Crippen LogP contribution in [0.5, 0.6) is 0 Å². The third-order valence-corrected chi connectivity index (χ3v) is 6.22. The number of fused-ring (bicyclic) bond motifs is 1. The molecular formula is C24H23N3O2S. The summed E-state index contributed by atoms with van der Waals surface area (Å²) < 4.78 is 1.39. The highest BCUT2D eigenvalue weighted by Gasteiger charge is 2.18. The number of amides is 1. The molecule has 0 saturated heterocycles. The fourth-order valence-electron chi connectivity index (χ4n) is 3.58. The lowest BCUT2D eigenvalue weighted by molar-refractivity contribution is -0.121. The minimum Gasteiger partial charge on any atom is -0.354 e. The van der Waals surface area contributed by atoms with E-state index in [1.165, 1.54) is 27.8 Å². The van der Waals surface area contributed by atoms with Crippen LogP contribution in [0.25, 0.3) is 21.3 Å². The average Bonchev–Trinajstić information content (AvgIpc) is 3.12. The number of aromatic nitrogens is 2. The fourth-order valence-corrected chi connectivity index (χ4v) is 4.58. The molecule has 0 saturated carbocycles. The van der Waals surface area contributed by atoms with Crippen LogP contribution in [0.3, 0.4) is 0 Å². The number of carbonyl (C=O) groups excluding carboxylic acids is 1. The van der Waals surface area contributed by atoms with Crippen molar-refractivity contribution >= 4 is 27.5 Å². The number of nitrogens with zero attached hydrogens (tertiary/aromatic N) is 2. The molecule has 0 fully saturated rings. The first-order chi connectivity index (χ1) is 14.5. The molecule has 0 aliphatic carbocycles. The van der Waals surface area contributed by atoms with Gasteiger partial charge in [-0.05, 0) is 24.0 Å². The first-order valence-electron chi connectivity index (χ1n) is 9.90. The van der Waals surface area contributed by atoms with Crippen molar-refractivity contribution in [3.63, 3.8) is 0 Å². The normalized spacial score (nSPS) is 12.1. The summed E-state index contributed by atoms with van der Waals surface area (Å²) in [5.74, 6) is -0.00840. The van der Waals surface area contributed by atoms with E-state index >= 15 is 0 Å². The first kappa shape index (κ1) is 20.0. The Kier molecular flexibility index (Phi) is 5.77. The van der Waals surface area contributed by atoms with Crippen molar-refractivity contribution in [3.8, 4) is 11.1 Å². The third-order valence-electron chi connectivity index (χ3n) is 5.21. The van der Waals surface area contributed by atoms with Gasteiger partial charge in [-0.2, -0.15) is 0 Å². The molecule has 0 unspecified atom stereocenters. The van der Waals surface area contributed by atoms with Crippen LogP contribution in [0.1, 0.15) is 23.3 Å². The number of benzene rings is 2. The molecule has 0 radical (unpaired) electrons. The maximum atomic E-state index is 13.2. The van der Waals surface area contributed by atoms with Gasteiger partial charge in [0.15, 0.2) is 0 Å². The number of rotatable bonds is 6. The molecule has 0 aliphatic heterocycles. The molecule has 0 bridgehead atoms. The Labute approximate surface area is 179 Å². The van der Waals surface area contributed by atoms with Gasteiger partial charge in [0.1, 0.15) is 11.4 Å². The van der Waals surface area contributed by atoms with E-state index in [4.69, 9.17) is 0 Å². The summed E-state index contributed by atoms with van der Waals surface area (Å²) in [7, 11) is 0. The average molecular weight is 418 g/mol. The van der Waals surface area contributed by atoms with E-state index in [0.717, 1.165) is 16.0 Å². The highest BCUT2D eigenvalue weighted by Crippen LogP contribution is 2.35. The molecule has 2 aromatic heterocycles. The summed E-state index contributed by atoms with van der Waals surface area (Å²) in [6.07, 6.45) is 1.47. The monoisotopic (exact) mass is 417 g/mol. The number of nitrogens with one attached hydrogen (secondary N) is 1. The van der Waals surface area contributed by atoms with Crippen LogP contribution in [-0.4, -0.2) is 22.0 Å².